The summed E-state index contributed by atoms with van der Waals surface area (Å²) in [7, 11) is 0. The Balaban J connectivity index is 2.10. The molecule has 1 unspecified atom stereocenters. The van der Waals surface area contributed by atoms with Crippen LogP contribution in [-0.2, 0) is 0 Å². The number of unbranched alkanes of at least 4 members (excludes halogenated alkanes) is 1. The number of hydrogen-bond acceptors (Lipinski definition) is 3. The molecule has 1 heterocycles. The maximum absolute atomic E-state index is 3.58. The Bertz CT molecular complexity index is 185. The molecule has 3 heteroatoms. The fourth-order valence-corrected chi connectivity index (χ4v) is 3.00. The molecule has 0 spiro atoms. The summed E-state index contributed by atoms with van der Waals surface area (Å²) in [5.74, 6) is 2.21. The molecule has 17 heavy (non-hydrogen) atoms. The second-order valence-corrected chi connectivity index (χ2v) is 6.56. The minimum atomic E-state index is 0.631. The van der Waals surface area contributed by atoms with E-state index in [4.69, 9.17) is 0 Å². The number of rotatable bonds is 8. The van der Waals surface area contributed by atoms with Gasteiger partial charge in [0.1, 0.15) is 0 Å². The van der Waals surface area contributed by atoms with Gasteiger partial charge < -0.3 is 10.2 Å². The molecule has 0 aromatic rings. The summed E-state index contributed by atoms with van der Waals surface area (Å²) in [6.07, 6.45) is 7.78. The van der Waals surface area contributed by atoms with Crippen molar-refractivity contribution in [2.75, 3.05) is 38.2 Å². The molecule has 0 aromatic heterocycles. The third-order valence-electron chi connectivity index (χ3n) is 3.49. The molecule has 0 amide bonds. The highest BCUT2D eigenvalue weighted by molar-refractivity contribution is 7.98. The topological polar surface area (TPSA) is 15.3 Å². The van der Waals surface area contributed by atoms with E-state index < -0.39 is 0 Å². The van der Waals surface area contributed by atoms with Crippen LogP contribution in [0.3, 0.4) is 0 Å². The van der Waals surface area contributed by atoms with Gasteiger partial charge in [-0.1, -0.05) is 13.8 Å². The van der Waals surface area contributed by atoms with E-state index in [-0.39, 0.29) is 0 Å². The first kappa shape index (κ1) is 15.3. The van der Waals surface area contributed by atoms with Gasteiger partial charge in [0, 0.05) is 12.6 Å². The van der Waals surface area contributed by atoms with Crippen LogP contribution in [0.4, 0.5) is 0 Å². The van der Waals surface area contributed by atoms with E-state index in [0.717, 1.165) is 5.92 Å². The highest BCUT2D eigenvalue weighted by atomic mass is 32.2. The monoisotopic (exact) mass is 258 g/mol. The molecule has 0 aliphatic carbocycles. The molecule has 0 radical (unpaired) electrons. The van der Waals surface area contributed by atoms with Crippen LogP contribution in [0, 0.1) is 5.92 Å². The Morgan fingerprint density at radius 3 is 2.88 bits per heavy atom. The molecule has 1 rings (SSSR count). The first-order valence-electron chi connectivity index (χ1n) is 7.17. The van der Waals surface area contributed by atoms with Crippen molar-refractivity contribution in [3.63, 3.8) is 0 Å². The zero-order valence-electron chi connectivity index (χ0n) is 11.9. The predicted molar refractivity (Wildman–Crippen MR) is 79.9 cm³/mol. The van der Waals surface area contributed by atoms with Crippen LogP contribution < -0.4 is 5.32 Å². The fourth-order valence-electron chi connectivity index (χ4n) is 2.51. The highest BCUT2D eigenvalue weighted by Crippen LogP contribution is 2.16. The average molecular weight is 258 g/mol. The molecule has 0 aromatic carbocycles. The van der Waals surface area contributed by atoms with Crippen LogP contribution in [0.2, 0.25) is 0 Å². The molecule has 1 saturated heterocycles. The van der Waals surface area contributed by atoms with E-state index in [1.54, 1.807) is 0 Å². The summed E-state index contributed by atoms with van der Waals surface area (Å²) in [4.78, 5) is 2.68. The van der Waals surface area contributed by atoms with Crippen LogP contribution in [0.15, 0.2) is 0 Å². The van der Waals surface area contributed by atoms with Gasteiger partial charge in [-0.15, -0.1) is 0 Å². The summed E-state index contributed by atoms with van der Waals surface area (Å²) in [5, 5.41) is 3.58. The van der Waals surface area contributed by atoms with E-state index in [1.165, 1.54) is 57.6 Å². The quantitative estimate of drug-likeness (QED) is 0.674. The van der Waals surface area contributed by atoms with Crippen molar-refractivity contribution in [1.82, 2.24) is 10.2 Å². The van der Waals surface area contributed by atoms with Crippen molar-refractivity contribution in [1.29, 1.82) is 0 Å². The molecule has 0 bridgehead atoms. The normalized spacial score (nSPS) is 22.2. The summed E-state index contributed by atoms with van der Waals surface area (Å²) in [6, 6.07) is 0.631. The minimum absolute atomic E-state index is 0.631. The molecule has 102 valence electrons. The van der Waals surface area contributed by atoms with Crippen LogP contribution in [-0.4, -0.2) is 49.1 Å². The molecule has 2 nitrogen and oxygen atoms in total. The summed E-state index contributed by atoms with van der Waals surface area (Å²) < 4.78 is 0. The molecule has 1 aliphatic rings. The second kappa shape index (κ2) is 9.23. The number of likely N-dealkylation sites (tertiary alicyclic amines) is 1. The average Bonchev–Trinajstić information content (AvgIpc) is 2.33. The Hall–Kier alpha value is 0.270. The summed E-state index contributed by atoms with van der Waals surface area (Å²) in [5.41, 5.74) is 0. The lowest BCUT2D eigenvalue weighted by Gasteiger charge is -2.33. The van der Waals surface area contributed by atoms with Crippen molar-refractivity contribution in [2.45, 2.75) is 45.6 Å². The molecular formula is C14H30N2S. The van der Waals surface area contributed by atoms with E-state index >= 15 is 0 Å². The van der Waals surface area contributed by atoms with Gasteiger partial charge in [-0.3, -0.25) is 0 Å². The van der Waals surface area contributed by atoms with Crippen molar-refractivity contribution in [2.24, 2.45) is 5.92 Å². The van der Waals surface area contributed by atoms with Crippen molar-refractivity contribution >= 4 is 11.8 Å². The van der Waals surface area contributed by atoms with E-state index in [9.17, 15) is 0 Å². The highest BCUT2D eigenvalue weighted by Gasteiger charge is 2.19. The molecule has 1 atom stereocenters. The van der Waals surface area contributed by atoms with Crippen molar-refractivity contribution < 1.29 is 0 Å². The van der Waals surface area contributed by atoms with Crippen LogP contribution >= 0.6 is 11.8 Å². The van der Waals surface area contributed by atoms with Crippen LogP contribution in [0.1, 0.15) is 39.5 Å². The molecule has 0 saturated carbocycles. The van der Waals surface area contributed by atoms with Crippen LogP contribution in [0.5, 0.6) is 0 Å². The third kappa shape index (κ3) is 7.32. The zero-order chi connectivity index (χ0) is 12.5. The number of hydrogen-bond donors (Lipinski definition) is 1. The molecule has 1 fully saturated rings. The van der Waals surface area contributed by atoms with Gasteiger partial charge in [-0.25, -0.2) is 0 Å². The Kier molecular flexibility index (Phi) is 8.33. The molecule has 1 aliphatic heterocycles. The Morgan fingerprint density at radius 1 is 1.35 bits per heavy atom. The lowest BCUT2D eigenvalue weighted by Crippen LogP contribution is -2.41. The van der Waals surface area contributed by atoms with Crippen LogP contribution in [0.25, 0.3) is 0 Å². The minimum Gasteiger partial charge on any atom is -0.314 e. The number of nitrogens with one attached hydrogen (secondary N) is 1. The smallest absolute Gasteiger partial charge is 0.00218 e. The van der Waals surface area contributed by atoms with E-state index in [0.29, 0.717) is 6.04 Å². The second-order valence-electron chi connectivity index (χ2n) is 5.57. The first-order valence-corrected chi connectivity index (χ1v) is 8.56. The van der Waals surface area contributed by atoms with Gasteiger partial charge in [0.25, 0.3) is 0 Å². The standard InChI is InChI=1S/C14H30N2S/c1-13(2)15-11-14-7-6-9-16(12-14)8-4-5-10-17-3/h13-15H,4-12H2,1-3H3. The number of thioether (sulfide) groups is 1. The van der Waals surface area contributed by atoms with E-state index in [1.807, 2.05) is 11.8 Å². The van der Waals surface area contributed by atoms with Crippen molar-refractivity contribution in [3.8, 4) is 0 Å². The Labute approximate surface area is 112 Å². The summed E-state index contributed by atoms with van der Waals surface area (Å²) in [6.45, 7) is 9.65. The number of piperidine rings is 1. The third-order valence-corrected chi connectivity index (χ3v) is 4.19. The van der Waals surface area contributed by atoms with Gasteiger partial charge in [-0.2, -0.15) is 11.8 Å². The van der Waals surface area contributed by atoms with Gasteiger partial charge in [0.2, 0.25) is 0 Å². The molecule has 1 N–H and O–H groups in total. The molecular weight excluding hydrogens is 228 g/mol. The fraction of sp³-hybridized carbons (Fsp3) is 1.00. The Morgan fingerprint density at radius 2 is 2.18 bits per heavy atom. The zero-order valence-corrected chi connectivity index (χ0v) is 12.7. The maximum Gasteiger partial charge on any atom is 0.00218 e. The lowest BCUT2D eigenvalue weighted by molar-refractivity contribution is 0.169. The first-order chi connectivity index (χ1) is 8.22. The maximum atomic E-state index is 3.58. The number of nitrogens with zero attached hydrogens (tertiary/aromatic N) is 1. The van der Waals surface area contributed by atoms with E-state index in [2.05, 4.69) is 30.3 Å². The van der Waals surface area contributed by atoms with Gasteiger partial charge in [0.05, 0.1) is 0 Å². The largest absolute Gasteiger partial charge is 0.314 e. The van der Waals surface area contributed by atoms with Gasteiger partial charge in [-0.05, 0) is 63.2 Å². The SMILES string of the molecule is CSCCCCN1CCCC(CNC(C)C)C1. The van der Waals surface area contributed by atoms with Crippen molar-refractivity contribution in [3.05, 3.63) is 0 Å². The summed E-state index contributed by atoms with van der Waals surface area (Å²) >= 11 is 1.97. The van der Waals surface area contributed by atoms with Gasteiger partial charge >= 0.3 is 0 Å². The van der Waals surface area contributed by atoms with Gasteiger partial charge in [0.15, 0.2) is 0 Å². The lowest BCUT2D eigenvalue weighted by atomic mass is 9.97. The predicted octanol–water partition coefficient (Wildman–Crippen LogP) is 2.84.